The zero-order valence-electron chi connectivity index (χ0n) is 9.36. The number of benzene rings is 1. The monoisotopic (exact) mass is 274 g/mol. The topological polar surface area (TPSA) is 41.8 Å². The average Bonchev–Trinajstić information content (AvgIpc) is 3.07. The highest BCUT2D eigenvalue weighted by molar-refractivity contribution is 8.12. The van der Waals surface area contributed by atoms with Gasteiger partial charge in [-0.2, -0.15) is 13.2 Å². The molecule has 1 aliphatic heterocycles. The van der Waals surface area contributed by atoms with E-state index in [0.717, 1.165) is 17.3 Å². The molecule has 0 unspecified atom stereocenters. The predicted molar refractivity (Wildman–Crippen MR) is 61.0 cm³/mol. The predicted octanol–water partition coefficient (Wildman–Crippen LogP) is 3.65. The Kier molecular flexibility index (Phi) is 3.18. The molecular weight excluding hydrogens is 265 g/mol. The summed E-state index contributed by atoms with van der Waals surface area (Å²) in [5.41, 5.74) is -1.57. The van der Waals surface area contributed by atoms with Gasteiger partial charge in [0.05, 0.1) is 0 Å². The molecular formula is C11H9F3N2OS. The molecule has 0 N–H and O–H groups in total. The van der Waals surface area contributed by atoms with Crippen LogP contribution in [0, 0.1) is 0 Å². The molecule has 0 bridgehead atoms. The lowest BCUT2D eigenvalue weighted by molar-refractivity contribution is -0.166. The van der Waals surface area contributed by atoms with Crippen LogP contribution in [0.15, 0.2) is 34.5 Å². The fourth-order valence-electron chi connectivity index (χ4n) is 1.46. The second-order valence-corrected chi connectivity index (χ2v) is 5.00. The smallest absolute Gasteiger partial charge is 0.288 e. The lowest BCUT2D eigenvalue weighted by atomic mass is 10.0. The standard InChI is InChI=1S/C11H9F3N2OS/c1-7(17)18-6-8-2-4-9(5-3-8)10(15-16-10)11(12,13)14/h2-5H,6H2,1H3. The van der Waals surface area contributed by atoms with Crippen molar-refractivity contribution in [3.05, 3.63) is 35.4 Å². The molecule has 2 rings (SSSR count). The Labute approximate surface area is 105 Å². The molecule has 1 heterocycles. The van der Waals surface area contributed by atoms with Gasteiger partial charge in [-0.25, -0.2) is 0 Å². The van der Waals surface area contributed by atoms with Crippen LogP contribution in [0.4, 0.5) is 13.2 Å². The third-order valence-electron chi connectivity index (χ3n) is 2.49. The van der Waals surface area contributed by atoms with Gasteiger partial charge in [-0.05, 0) is 5.56 Å². The molecule has 0 saturated carbocycles. The van der Waals surface area contributed by atoms with Crippen molar-refractivity contribution in [2.75, 3.05) is 0 Å². The first-order valence-corrected chi connectivity index (χ1v) is 6.07. The SMILES string of the molecule is CC(=O)SCc1ccc(C2(C(F)(F)F)N=N2)cc1. The summed E-state index contributed by atoms with van der Waals surface area (Å²) >= 11 is 1.11. The van der Waals surface area contributed by atoms with Crippen molar-refractivity contribution in [3.8, 4) is 0 Å². The highest BCUT2D eigenvalue weighted by atomic mass is 32.2. The lowest BCUT2D eigenvalue weighted by Crippen LogP contribution is -2.30. The van der Waals surface area contributed by atoms with Crippen LogP contribution in [0.3, 0.4) is 0 Å². The van der Waals surface area contributed by atoms with Gasteiger partial charge < -0.3 is 0 Å². The highest BCUT2D eigenvalue weighted by Crippen LogP contribution is 2.52. The van der Waals surface area contributed by atoms with E-state index in [2.05, 4.69) is 10.2 Å². The van der Waals surface area contributed by atoms with Gasteiger partial charge in [-0.15, -0.1) is 10.2 Å². The minimum Gasteiger partial charge on any atom is -0.288 e. The van der Waals surface area contributed by atoms with Gasteiger partial charge in [-0.3, -0.25) is 4.79 Å². The molecule has 0 spiro atoms. The van der Waals surface area contributed by atoms with Crippen LogP contribution in [-0.4, -0.2) is 11.3 Å². The third-order valence-corrected chi connectivity index (χ3v) is 3.38. The molecule has 0 radical (unpaired) electrons. The summed E-state index contributed by atoms with van der Waals surface area (Å²) in [6.07, 6.45) is -4.50. The van der Waals surface area contributed by atoms with E-state index in [1.54, 1.807) is 12.1 Å². The number of halogens is 3. The van der Waals surface area contributed by atoms with E-state index in [4.69, 9.17) is 0 Å². The highest BCUT2D eigenvalue weighted by Gasteiger charge is 2.65. The van der Waals surface area contributed by atoms with Crippen LogP contribution in [0.1, 0.15) is 18.1 Å². The van der Waals surface area contributed by atoms with Crippen molar-refractivity contribution in [1.82, 2.24) is 0 Å². The molecule has 1 aliphatic rings. The molecule has 0 aromatic heterocycles. The summed E-state index contributed by atoms with van der Waals surface area (Å²) in [4.78, 5) is 10.8. The minimum absolute atomic E-state index is 0.00609. The summed E-state index contributed by atoms with van der Waals surface area (Å²) in [5.74, 6) is 0.447. The van der Waals surface area contributed by atoms with Crippen LogP contribution in [0.5, 0.6) is 0 Å². The summed E-state index contributed by atoms with van der Waals surface area (Å²) in [7, 11) is 0. The second-order valence-electron chi connectivity index (χ2n) is 3.85. The number of alkyl halides is 3. The zero-order valence-corrected chi connectivity index (χ0v) is 10.2. The average molecular weight is 274 g/mol. The maximum absolute atomic E-state index is 12.7. The van der Waals surface area contributed by atoms with Crippen molar-refractivity contribution in [3.63, 3.8) is 0 Å². The lowest BCUT2D eigenvalue weighted by Gasteiger charge is -2.14. The van der Waals surface area contributed by atoms with Crippen molar-refractivity contribution in [2.24, 2.45) is 10.2 Å². The first-order chi connectivity index (χ1) is 8.35. The normalized spacial score (nSPS) is 16.7. The van der Waals surface area contributed by atoms with Crippen molar-refractivity contribution in [2.45, 2.75) is 24.5 Å². The van der Waals surface area contributed by atoms with E-state index < -0.39 is 11.8 Å². The summed E-state index contributed by atoms with van der Waals surface area (Å²) in [5, 5.41) is 6.21. The number of hydrogen-bond acceptors (Lipinski definition) is 4. The first-order valence-electron chi connectivity index (χ1n) is 5.09. The number of carbonyl (C=O) groups excluding carboxylic acids is 1. The minimum atomic E-state index is -4.50. The van der Waals surface area contributed by atoms with E-state index in [-0.39, 0.29) is 10.7 Å². The van der Waals surface area contributed by atoms with Crippen molar-refractivity contribution in [1.29, 1.82) is 0 Å². The summed E-state index contributed by atoms with van der Waals surface area (Å²) in [6.45, 7) is 1.44. The Morgan fingerprint density at radius 3 is 2.22 bits per heavy atom. The molecule has 0 aliphatic carbocycles. The number of carbonyl (C=O) groups is 1. The van der Waals surface area contributed by atoms with Gasteiger partial charge in [0.25, 0.3) is 0 Å². The van der Waals surface area contributed by atoms with Gasteiger partial charge in [0.1, 0.15) is 0 Å². The third kappa shape index (κ3) is 2.40. The van der Waals surface area contributed by atoms with Gasteiger partial charge in [0.15, 0.2) is 5.12 Å². The molecule has 0 fully saturated rings. The maximum Gasteiger partial charge on any atom is 0.442 e. The van der Waals surface area contributed by atoms with Crippen LogP contribution >= 0.6 is 11.8 Å². The van der Waals surface area contributed by atoms with Crippen LogP contribution in [-0.2, 0) is 16.2 Å². The fraction of sp³-hybridized carbons (Fsp3) is 0.364. The van der Waals surface area contributed by atoms with Gasteiger partial charge in [0, 0.05) is 18.2 Å². The molecule has 1 aromatic carbocycles. The zero-order chi connectivity index (χ0) is 13.4. The van der Waals surface area contributed by atoms with Gasteiger partial charge in [-0.1, -0.05) is 36.0 Å². The number of nitrogens with zero attached hydrogens (tertiary/aromatic N) is 2. The number of thioether (sulfide) groups is 1. The Hall–Kier alpha value is -1.37. The first kappa shape index (κ1) is 13.1. The molecule has 1 aromatic rings. The van der Waals surface area contributed by atoms with Crippen molar-refractivity contribution < 1.29 is 18.0 Å². The Morgan fingerprint density at radius 1 is 1.28 bits per heavy atom. The quantitative estimate of drug-likeness (QED) is 0.844. The fourth-order valence-corrected chi connectivity index (χ4v) is 2.02. The molecule has 0 saturated heterocycles. The van der Waals surface area contributed by atoms with Gasteiger partial charge in [0.2, 0.25) is 0 Å². The summed E-state index contributed by atoms with van der Waals surface area (Å²) in [6, 6.07) is 5.82. The maximum atomic E-state index is 12.7. The van der Waals surface area contributed by atoms with Gasteiger partial charge >= 0.3 is 11.8 Å². The Balaban J connectivity index is 2.11. The molecule has 96 valence electrons. The van der Waals surface area contributed by atoms with E-state index in [1.165, 1.54) is 19.1 Å². The Morgan fingerprint density at radius 2 is 1.83 bits per heavy atom. The van der Waals surface area contributed by atoms with Crippen molar-refractivity contribution >= 4 is 16.9 Å². The van der Waals surface area contributed by atoms with E-state index in [0.29, 0.717) is 5.75 Å². The Bertz CT molecular complexity index is 490. The largest absolute Gasteiger partial charge is 0.442 e. The molecule has 0 amide bonds. The molecule has 3 nitrogen and oxygen atoms in total. The second kappa shape index (κ2) is 4.38. The number of hydrogen-bond donors (Lipinski definition) is 0. The summed E-state index contributed by atoms with van der Waals surface area (Å²) < 4.78 is 38.1. The van der Waals surface area contributed by atoms with E-state index in [1.807, 2.05) is 0 Å². The van der Waals surface area contributed by atoms with E-state index >= 15 is 0 Å². The number of rotatable bonds is 3. The molecule has 18 heavy (non-hydrogen) atoms. The molecule has 7 heteroatoms. The van der Waals surface area contributed by atoms with E-state index in [9.17, 15) is 18.0 Å². The van der Waals surface area contributed by atoms with Crippen LogP contribution < -0.4 is 0 Å². The van der Waals surface area contributed by atoms with Crippen LogP contribution in [0.25, 0.3) is 0 Å². The van der Waals surface area contributed by atoms with Crippen LogP contribution in [0.2, 0.25) is 0 Å². The molecule has 0 atom stereocenters.